The third kappa shape index (κ3) is 0.753. The van der Waals surface area contributed by atoms with Gasteiger partial charge >= 0.3 is 0 Å². The molecule has 0 radical (unpaired) electrons. The number of hydrogen-bond acceptors (Lipinski definition) is 1. The van der Waals surface area contributed by atoms with Crippen molar-refractivity contribution in [1.29, 1.82) is 0 Å². The van der Waals surface area contributed by atoms with Crippen molar-refractivity contribution in [3.63, 3.8) is 0 Å². The number of carbonyl (C=O) groups is 1. The Labute approximate surface area is 69.3 Å². The molecule has 1 heterocycles. The summed E-state index contributed by atoms with van der Waals surface area (Å²) in [6.07, 6.45) is 1.01. The Kier molecular flexibility index (Phi) is 1.44. The van der Waals surface area contributed by atoms with Crippen molar-refractivity contribution in [3.05, 3.63) is 0 Å². The summed E-state index contributed by atoms with van der Waals surface area (Å²) in [6, 6.07) is 0. The molecule has 4 heteroatoms. The van der Waals surface area contributed by atoms with Crippen LogP contribution in [0.25, 0.3) is 0 Å². The zero-order chi connectivity index (χ0) is 8.82. The van der Waals surface area contributed by atoms with Gasteiger partial charge in [0.15, 0.2) is 0 Å². The van der Waals surface area contributed by atoms with Crippen LogP contribution in [-0.2, 0) is 4.79 Å². The molecule has 2 aliphatic rings. The number of hydrogen-bond donors (Lipinski definition) is 1. The predicted molar refractivity (Wildman–Crippen MR) is 38.9 cm³/mol. The van der Waals surface area contributed by atoms with Crippen LogP contribution in [0.4, 0.5) is 8.78 Å². The molecule has 2 nitrogen and oxygen atoms in total. The zero-order valence-electron chi connectivity index (χ0n) is 6.70. The van der Waals surface area contributed by atoms with Gasteiger partial charge in [0.2, 0.25) is 5.91 Å². The number of halogens is 2. The van der Waals surface area contributed by atoms with E-state index in [2.05, 4.69) is 5.32 Å². The molecule has 68 valence electrons. The summed E-state index contributed by atoms with van der Waals surface area (Å²) < 4.78 is 26.6. The van der Waals surface area contributed by atoms with Gasteiger partial charge < -0.3 is 5.32 Å². The molecule has 0 aromatic heterocycles. The molecule has 12 heavy (non-hydrogen) atoms. The molecule has 1 amide bonds. The summed E-state index contributed by atoms with van der Waals surface area (Å²) in [6.45, 7) is 0.411. The molecule has 0 aromatic rings. The molecule has 1 aliphatic carbocycles. The Bertz CT molecular complexity index is 225. The standard InChI is InChI=1S/C8H11F2NO/c9-8(10)3-1-2-7(8)4-5-11-6(7)12/h1-5H2,(H,11,12). The van der Waals surface area contributed by atoms with Crippen LogP contribution in [0, 0.1) is 5.41 Å². The highest BCUT2D eigenvalue weighted by atomic mass is 19.3. The Hall–Kier alpha value is -0.670. The van der Waals surface area contributed by atoms with Crippen molar-refractivity contribution < 1.29 is 13.6 Å². The van der Waals surface area contributed by atoms with Gasteiger partial charge in [0.25, 0.3) is 5.92 Å². The highest BCUT2D eigenvalue weighted by Gasteiger charge is 2.63. The second-order valence-electron chi connectivity index (χ2n) is 3.65. The number of rotatable bonds is 0. The van der Waals surface area contributed by atoms with Gasteiger partial charge in [-0.05, 0) is 19.3 Å². The lowest BCUT2D eigenvalue weighted by Gasteiger charge is -2.27. The van der Waals surface area contributed by atoms with Crippen molar-refractivity contribution in [2.24, 2.45) is 5.41 Å². The van der Waals surface area contributed by atoms with E-state index in [4.69, 9.17) is 0 Å². The summed E-state index contributed by atoms with van der Waals surface area (Å²) in [5.74, 6) is -3.21. The van der Waals surface area contributed by atoms with Crippen LogP contribution >= 0.6 is 0 Å². The molecule has 2 rings (SSSR count). The largest absolute Gasteiger partial charge is 0.355 e. The molecule has 1 unspecified atom stereocenters. The van der Waals surface area contributed by atoms with Crippen LogP contribution in [0.15, 0.2) is 0 Å². The van der Waals surface area contributed by atoms with E-state index in [0.717, 1.165) is 0 Å². The lowest BCUT2D eigenvalue weighted by molar-refractivity contribution is -0.148. The van der Waals surface area contributed by atoms with E-state index in [9.17, 15) is 13.6 Å². The summed E-state index contributed by atoms with van der Waals surface area (Å²) >= 11 is 0. The molecule has 0 bridgehead atoms. The summed E-state index contributed by atoms with van der Waals surface area (Å²) in [4.78, 5) is 11.2. The molecule has 1 saturated heterocycles. The van der Waals surface area contributed by atoms with Gasteiger partial charge in [0, 0.05) is 13.0 Å². The fourth-order valence-electron chi connectivity index (χ4n) is 2.29. The SMILES string of the molecule is O=C1NCCC12CCCC2(F)F. The first-order chi connectivity index (χ1) is 5.58. The van der Waals surface area contributed by atoms with Gasteiger partial charge in [-0.1, -0.05) is 0 Å². The zero-order valence-corrected chi connectivity index (χ0v) is 6.70. The molecule has 0 aromatic carbocycles. The van der Waals surface area contributed by atoms with Crippen molar-refractivity contribution >= 4 is 5.91 Å². The fraction of sp³-hybridized carbons (Fsp3) is 0.875. The second kappa shape index (κ2) is 2.18. The Morgan fingerprint density at radius 2 is 2.00 bits per heavy atom. The van der Waals surface area contributed by atoms with Crippen LogP contribution in [0.5, 0.6) is 0 Å². The Morgan fingerprint density at radius 1 is 1.25 bits per heavy atom. The lowest BCUT2D eigenvalue weighted by Crippen LogP contribution is -2.42. The second-order valence-corrected chi connectivity index (χ2v) is 3.65. The Morgan fingerprint density at radius 3 is 2.42 bits per heavy atom. The van der Waals surface area contributed by atoms with Crippen molar-refractivity contribution in [2.75, 3.05) is 6.54 Å². The number of amides is 1. The maximum atomic E-state index is 13.3. The molecular formula is C8H11F2NO. The van der Waals surface area contributed by atoms with E-state index in [1.54, 1.807) is 0 Å². The number of alkyl halides is 2. The van der Waals surface area contributed by atoms with Crippen molar-refractivity contribution in [3.8, 4) is 0 Å². The minimum atomic E-state index is -2.77. The van der Waals surface area contributed by atoms with Gasteiger partial charge in [-0.2, -0.15) is 0 Å². The molecule has 1 saturated carbocycles. The first-order valence-electron chi connectivity index (χ1n) is 4.25. The van der Waals surface area contributed by atoms with Crippen LogP contribution in [0.2, 0.25) is 0 Å². The predicted octanol–water partition coefficient (Wildman–Crippen LogP) is 1.31. The van der Waals surface area contributed by atoms with E-state index in [1.807, 2.05) is 0 Å². The minimum Gasteiger partial charge on any atom is -0.355 e. The maximum absolute atomic E-state index is 13.3. The van der Waals surface area contributed by atoms with Crippen molar-refractivity contribution in [1.82, 2.24) is 5.32 Å². The third-order valence-electron chi connectivity index (χ3n) is 3.07. The van der Waals surface area contributed by atoms with Crippen LogP contribution in [0.1, 0.15) is 25.7 Å². The van der Waals surface area contributed by atoms with Gasteiger partial charge in [-0.3, -0.25) is 4.79 Å². The van der Waals surface area contributed by atoms with Crippen LogP contribution < -0.4 is 5.32 Å². The minimum absolute atomic E-state index is 0.125. The van der Waals surface area contributed by atoms with E-state index < -0.39 is 17.2 Å². The molecule has 2 fully saturated rings. The molecular weight excluding hydrogens is 164 g/mol. The topological polar surface area (TPSA) is 29.1 Å². The molecule has 1 N–H and O–H groups in total. The average Bonchev–Trinajstić information content (AvgIpc) is 2.45. The third-order valence-corrected chi connectivity index (χ3v) is 3.07. The maximum Gasteiger partial charge on any atom is 0.262 e. The van der Waals surface area contributed by atoms with Crippen LogP contribution in [0.3, 0.4) is 0 Å². The van der Waals surface area contributed by atoms with Crippen LogP contribution in [-0.4, -0.2) is 18.4 Å². The molecule has 1 aliphatic heterocycles. The first-order valence-corrected chi connectivity index (χ1v) is 4.25. The number of nitrogens with one attached hydrogen (secondary N) is 1. The van der Waals surface area contributed by atoms with Crippen molar-refractivity contribution in [2.45, 2.75) is 31.6 Å². The van der Waals surface area contributed by atoms with Gasteiger partial charge in [0.05, 0.1) is 0 Å². The normalized spacial score (nSPS) is 39.0. The van der Waals surface area contributed by atoms with Gasteiger partial charge in [-0.25, -0.2) is 8.78 Å². The lowest BCUT2D eigenvalue weighted by atomic mass is 9.82. The Balaban J connectivity index is 2.35. The first kappa shape index (κ1) is 7.95. The van der Waals surface area contributed by atoms with E-state index in [1.165, 1.54) is 0 Å². The summed E-state index contributed by atoms with van der Waals surface area (Å²) in [7, 11) is 0. The molecule has 1 atom stereocenters. The fourth-order valence-corrected chi connectivity index (χ4v) is 2.29. The number of carbonyl (C=O) groups excluding carboxylic acids is 1. The highest BCUT2D eigenvalue weighted by Crippen LogP contribution is 2.54. The summed E-state index contributed by atoms with van der Waals surface area (Å²) in [5, 5.41) is 2.49. The summed E-state index contributed by atoms with van der Waals surface area (Å²) in [5.41, 5.74) is -1.34. The van der Waals surface area contributed by atoms with Gasteiger partial charge in [0.1, 0.15) is 5.41 Å². The monoisotopic (exact) mass is 175 g/mol. The van der Waals surface area contributed by atoms with E-state index in [-0.39, 0.29) is 6.42 Å². The van der Waals surface area contributed by atoms with E-state index >= 15 is 0 Å². The van der Waals surface area contributed by atoms with Gasteiger partial charge in [-0.15, -0.1) is 0 Å². The van der Waals surface area contributed by atoms with E-state index in [0.29, 0.717) is 25.8 Å². The average molecular weight is 175 g/mol. The highest BCUT2D eigenvalue weighted by molar-refractivity contribution is 5.86. The smallest absolute Gasteiger partial charge is 0.262 e. The molecule has 1 spiro atoms. The quantitative estimate of drug-likeness (QED) is 0.591.